The second-order valence-electron chi connectivity index (χ2n) is 10.2. The van der Waals surface area contributed by atoms with Crippen LogP contribution in [0, 0.1) is 0 Å². The molecule has 1 heteroatoms. The largest absolute Gasteiger partial charge is 0.0843 e. The minimum atomic E-state index is -0.317. The molecule has 0 heterocycles. The van der Waals surface area contributed by atoms with Gasteiger partial charge in [-0.1, -0.05) is 133 Å². The van der Waals surface area contributed by atoms with Gasteiger partial charge in [-0.15, -0.1) is 0 Å². The van der Waals surface area contributed by atoms with Crippen LogP contribution in [0.3, 0.4) is 0 Å². The minimum Gasteiger partial charge on any atom is -0.0843 e. The topological polar surface area (TPSA) is 0 Å². The van der Waals surface area contributed by atoms with Crippen LogP contribution in [0.4, 0.5) is 0 Å². The van der Waals surface area contributed by atoms with Gasteiger partial charge in [0.1, 0.15) is 0 Å². The standard InChI is InChI=1S/C37H23Cl/c38-27-21-19-24(20-22-27)25-9-7-10-26(23-25)28-14-8-18-35-36(28)31-13-3-6-17-34(31)37(35)32-15-4-1-11-29(32)30-12-2-5-16-33(30)37/h1-23H. The van der Waals surface area contributed by atoms with Crippen molar-refractivity contribution in [2.24, 2.45) is 0 Å². The van der Waals surface area contributed by atoms with Crippen molar-refractivity contribution in [2.75, 3.05) is 0 Å². The van der Waals surface area contributed by atoms with E-state index in [2.05, 4.69) is 127 Å². The summed E-state index contributed by atoms with van der Waals surface area (Å²) in [5.41, 5.74) is 15.3. The molecule has 0 unspecified atom stereocenters. The van der Waals surface area contributed by atoms with Crippen LogP contribution in [-0.4, -0.2) is 0 Å². The van der Waals surface area contributed by atoms with E-state index in [1.54, 1.807) is 0 Å². The molecule has 0 saturated heterocycles. The summed E-state index contributed by atoms with van der Waals surface area (Å²) in [5.74, 6) is 0. The van der Waals surface area contributed by atoms with Crippen molar-refractivity contribution >= 4 is 11.6 Å². The summed E-state index contributed by atoms with van der Waals surface area (Å²) in [6, 6.07) is 50.8. The second-order valence-corrected chi connectivity index (χ2v) is 10.6. The molecular weight excluding hydrogens is 480 g/mol. The molecule has 0 aromatic heterocycles. The average Bonchev–Trinajstić information content (AvgIpc) is 3.45. The highest BCUT2D eigenvalue weighted by Crippen LogP contribution is 2.63. The van der Waals surface area contributed by atoms with Crippen molar-refractivity contribution in [1.82, 2.24) is 0 Å². The Hall–Kier alpha value is -4.39. The maximum absolute atomic E-state index is 6.17. The Labute approximate surface area is 227 Å². The first-order chi connectivity index (χ1) is 18.8. The molecule has 2 aliphatic rings. The lowest BCUT2D eigenvalue weighted by Gasteiger charge is -2.30. The predicted molar refractivity (Wildman–Crippen MR) is 159 cm³/mol. The lowest BCUT2D eigenvalue weighted by atomic mass is 9.70. The summed E-state index contributed by atoms with van der Waals surface area (Å²) in [4.78, 5) is 0. The first kappa shape index (κ1) is 21.7. The Bertz CT molecular complexity index is 1830. The number of halogens is 1. The smallest absolute Gasteiger partial charge is 0.0725 e. The van der Waals surface area contributed by atoms with Crippen LogP contribution in [0.15, 0.2) is 140 Å². The fraction of sp³-hybridized carbons (Fsp3) is 0.0270. The highest BCUT2D eigenvalue weighted by Gasteiger charge is 2.51. The van der Waals surface area contributed by atoms with Crippen molar-refractivity contribution in [3.63, 3.8) is 0 Å². The van der Waals surface area contributed by atoms with Crippen LogP contribution in [0.25, 0.3) is 44.5 Å². The molecule has 0 amide bonds. The molecule has 0 fully saturated rings. The third-order valence-electron chi connectivity index (χ3n) is 8.37. The van der Waals surface area contributed by atoms with Gasteiger partial charge in [-0.05, 0) is 85.0 Å². The predicted octanol–water partition coefficient (Wildman–Crippen LogP) is 10.0. The molecule has 0 bridgehead atoms. The van der Waals surface area contributed by atoms with Crippen LogP contribution in [-0.2, 0) is 5.41 Å². The fourth-order valence-electron chi connectivity index (χ4n) is 6.89. The van der Waals surface area contributed by atoms with Gasteiger partial charge in [0, 0.05) is 5.02 Å². The van der Waals surface area contributed by atoms with Crippen LogP contribution >= 0.6 is 11.6 Å². The van der Waals surface area contributed by atoms with Crippen molar-refractivity contribution in [1.29, 1.82) is 0 Å². The Kier molecular flexibility index (Phi) is 4.59. The molecule has 2 aliphatic carbocycles. The number of benzene rings is 6. The quantitative estimate of drug-likeness (QED) is 0.220. The molecule has 0 nitrogen and oxygen atoms in total. The second kappa shape index (κ2) is 8.05. The molecule has 38 heavy (non-hydrogen) atoms. The van der Waals surface area contributed by atoms with Crippen molar-refractivity contribution in [3.05, 3.63) is 167 Å². The number of rotatable bonds is 2. The zero-order valence-electron chi connectivity index (χ0n) is 20.7. The van der Waals surface area contributed by atoms with E-state index in [0.717, 1.165) is 5.02 Å². The Morgan fingerprint density at radius 1 is 0.368 bits per heavy atom. The molecule has 1 spiro atoms. The Balaban J connectivity index is 1.43. The van der Waals surface area contributed by atoms with Crippen molar-refractivity contribution in [2.45, 2.75) is 5.41 Å². The van der Waals surface area contributed by atoms with Crippen LogP contribution in [0.1, 0.15) is 22.3 Å². The highest BCUT2D eigenvalue weighted by molar-refractivity contribution is 6.30. The van der Waals surface area contributed by atoms with Gasteiger partial charge in [-0.3, -0.25) is 0 Å². The lowest BCUT2D eigenvalue weighted by molar-refractivity contribution is 0.794. The molecule has 8 rings (SSSR count). The molecule has 0 N–H and O–H groups in total. The van der Waals surface area contributed by atoms with E-state index in [4.69, 9.17) is 11.6 Å². The Morgan fingerprint density at radius 3 is 1.55 bits per heavy atom. The molecule has 6 aromatic carbocycles. The zero-order chi connectivity index (χ0) is 25.3. The van der Waals surface area contributed by atoms with Gasteiger partial charge in [0.2, 0.25) is 0 Å². The number of hydrogen-bond donors (Lipinski definition) is 0. The Morgan fingerprint density at radius 2 is 0.868 bits per heavy atom. The van der Waals surface area contributed by atoms with E-state index in [-0.39, 0.29) is 5.41 Å². The summed E-state index contributed by atoms with van der Waals surface area (Å²) in [7, 11) is 0. The first-order valence-electron chi connectivity index (χ1n) is 13.1. The third kappa shape index (κ3) is 2.81. The van der Waals surface area contributed by atoms with Crippen molar-refractivity contribution < 1.29 is 0 Å². The van der Waals surface area contributed by atoms with Gasteiger partial charge in [-0.2, -0.15) is 0 Å². The fourth-order valence-corrected chi connectivity index (χ4v) is 7.02. The first-order valence-corrected chi connectivity index (χ1v) is 13.4. The highest BCUT2D eigenvalue weighted by atomic mass is 35.5. The maximum Gasteiger partial charge on any atom is 0.0725 e. The van der Waals surface area contributed by atoms with E-state index in [9.17, 15) is 0 Å². The summed E-state index contributed by atoms with van der Waals surface area (Å²) in [6.07, 6.45) is 0. The summed E-state index contributed by atoms with van der Waals surface area (Å²) >= 11 is 6.17. The average molecular weight is 503 g/mol. The minimum absolute atomic E-state index is 0.317. The van der Waals surface area contributed by atoms with E-state index in [0.29, 0.717) is 0 Å². The normalized spacial score (nSPS) is 13.6. The van der Waals surface area contributed by atoms with E-state index >= 15 is 0 Å². The summed E-state index contributed by atoms with van der Waals surface area (Å²) < 4.78 is 0. The molecule has 0 atom stereocenters. The molecule has 0 saturated carbocycles. The number of fused-ring (bicyclic) bond motifs is 10. The van der Waals surface area contributed by atoms with E-state index in [1.165, 1.54) is 66.8 Å². The van der Waals surface area contributed by atoms with Gasteiger partial charge < -0.3 is 0 Å². The summed E-state index contributed by atoms with van der Waals surface area (Å²) in [5, 5.41) is 0.754. The lowest BCUT2D eigenvalue weighted by Crippen LogP contribution is -2.25. The van der Waals surface area contributed by atoms with Crippen LogP contribution in [0.2, 0.25) is 5.02 Å². The SMILES string of the molecule is Clc1ccc(-c2cccc(-c3cccc4c3-c3ccccc3C43c4ccccc4-c4ccccc43)c2)cc1. The number of hydrogen-bond acceptors (Lipinski definition) is 0. The third-order valence-corrected chi connectivity index (χ3v) is 8.62. The molecular formula is C37H23Cl. The van der Waals surface area contributed by atoms with E-state index < -0.39 is 0 Å². The van der Waals surface area contributed by atoms with Gasteiger partial charge in [0.25, 0.3) is 0 Å². The molecule has 178 valence electrons. The zero-order valence-corrected chi connectivity index (χ0v) is 21.4. The monoisotopic (exact) mass is 502 g/mol. The molecule has 0 radical (unpaired) electrons. The van der Waals surface area contributed by atoms with E-state index in [1.807, 2.05) is 12.1 Å². The van der Waals surface area contributed by atoms with Gasteiger partial charge in [0.15, 0.2) is 0 Å². The van der Waals surface area contributed by atoms with Gasteiger partial charge in [-0.25, -0.2) is 0 Å². The molecule has 6 aromatic rings. The molecule has 0 aliphatic heterocycles. The van der Waals surface area contributed by atoms with Crippen LogP contribution in [0.5, 0.6) is 0 Å². The van der Waals surface area contributed by atoms with Crippen LogP contribution < -0.4 is 0 Å². The maximum atomic E-state index is 6.17. The van der Waals surface area contributed by atoms with Crippen molar-refractivity contribution in [3.8, 4) is 44.5 Å². The van der Waals surface area contributed by atoms with Gasteiger partial charge in [0.05, 0.1) is 5.41 Å². The van der Waals surface area contributed by atoms with Gasteiger partial charge >= 0.3 is 0 Å². The summed E-state index contributed by atoms with van der Waals surface area (Å²) in [6.45, 7) is 0.